The molecule has 0 aliphatic heterocycles. The van der Waals surface area contributed by atoms with Gasteiger partial charge in [-0.3, -0.25) is 4.79 Å². The monoisotopic (exact) mass is 571 g/mol. The van der Waals surface area contributed by atoms with Gasteiger partial charge in [-0.2, -0.15) is 5.10 Å². The van der Waals surface area contributed by atoms with Gasteiger partial charge in [0.05, 0.1) is 22.4 Å². The molecule has 1 atom stereocenters. The van der Waals surface area contributed by atoms with E-state index in [4.69, 9.17) is 20.0 Å². The number of aromatic nitrogens is 4. The van der Waals surface area contributed by atoms with Crippen LogP contribution in [0, 0.1) is 17.5 Å². The van der Waals surface area contributed by atoms with Crippen LogP contribution in [0.15, 0.2) is 76.2 Å². The van der Waals surface area contributed by atoms with Crippen molar-refractivity contribution in [3.63, 3.8) is 0 Å². The van der Waals surface area contributed by atoms with Crippen molar-refractivity contribution in [1.29, 1.82) is 0 Å². The summed E-state index contributed by atoms with van der Waals surface area (Å²) in [4.78, 5) is 22.3. The first-order chi connectivity index (χ1) is 20.1. The number of hydrogen-bond donors (Lipinski definition) is 1. The van der Waals surface area contributed by atoms with Gasteiger partial charge in [0.25, 0.3) is 0 Å². The van der Waals surface area contributed by atoms with E-state index in [-0.39, 0.29) is 45.5 Å². The predicted octanol–water partition coefficient (Wildman–Crippen LogP) is 6.66. The highest BCUT2D eigenvalue weighted by Crippen LogP contribution is 2.37. The first-order valence-electron chi connectivity index (χ1n) is 13.1. The molecule has 0 fully saturated rings. The van der Waals surface area contributed by atoms with Crippen molar-refractivity contribution in [3.8, 4) is 28.1 Å². The van der Waals surface area contributed by atoms with Gasteiger partial charge in [0.2, 0.25) is 5.43 Å². The molecule has 6 rings (SSSR count). The van der Waals surface area contributed by atoms with E-state index in [2.05, 4.69) is 9.97 Å². The second-order valence-electron chi connectivity index (χ2n) is 10.1. The number of rotatable bonds is 6. The Balaban J connectivity index is 1.59. The van der Waals surface area contributed by atoms with Crippen LogP contribution in [0.25, 0.3) is 44.4 Å². The van der Waals surface area contributed by atoms with Crippen molar-refractivity contribution >= 4 is 27.8 Å². The van der Waals surface area contributed by atoms with E-state index in [9.17, 15) is 18.0 Å². The van der Waals surface area contributed by atoms with Crippen LogP contribution in [0.4, 0.5) is 19.0 Å². The molecule has 3 aromatic carbocycles. The third-order valence-corrected chi connectivity index (χ3v) is 6.83. The molecule has 2 N–H and O–H groups in total. The van der Waals surface area contributed by atoms with Crippen molar-refractivity contribution in [2.75, 3.05) is 5.73 Å². The van der Waals surface area contributed by atoms with Gasteiger partial charge in [-0.05, 0) is 74.9 Å². The molecule has 6 aromatic rings. The van der Waals surface area contributed by atoms with Gasteiger partial charge in [0, 0.05) is 5.56 Å². The van der Waals surface area contributed by atoms with Crippen LogP contribution in [0.2, 0.25) is 0 Å². The molecule has 0 aliphatic carbocycles. The zero-order valence-corrected chi connectivity index (χ0v) is 22.7. The molecule has 0 spiro atoms. The van der Waals surface area contributed by atoms with Gasteiger partial charge in [0.1, 0.15) is 46.9 Å². The van der Waals surface area contributed by atoms with Crippen molar-refractivity contribution in [2.24, 2.45) is 0 Å². The van der Waals surface area contributed by atoms with Crippen LogP contribution in [-0.2, 0) is 0 Å². The molecule has 212 valence electrons. The molecular formula is C31H24F3N5O3. The number of nitrogen functional groups attached to an aromatic ring is 1. The summed E-state index contributed by atoms with van der Waals surface area (Å²) in [5.74, 6) is -1.45. The summed E-state index contributed by atoms with van der Waals surface area (Å²) in [6, 6.07) is 12.7. The van der Waals surface area contributed by atoms with Crippen LogP contribution in [0.3, 0.4) is 0 Å². The summed E-state index contributed by atoms with van der Waals surface area (Å²) in [5.41, 5.74) is 7.10. The molecule has 0 saturated carbocycles. The van der Waals surface area contributed by atoms with Gasteiger partial charge in [-0.1, -0.05) is 12.1 Å². The molecular weight excluding hydrogens is 547 g/mol. The topological polar surface area (TPSA) is 109 Å². The minimum atomic E-state index is -0.815. The second-order valence-corrected chi connectivity index (χ2v) is 10.1. The van der Waals surface area contributed by atoms with Gasteiger partial charge < -0.3 is 14.9 Å². The predicted molar refractivity (Wildman–Crippen MR) is 153 cm³/mol. The fourth-order valence-corrected chi connectivity index (χ4v) is 4.97. The molecule has 8 nitrogen and oxygen atoms in total. The summed E-state index contributed by atoms with van der Waals surface area (Å²) < 4.78 is 56.6. The SMILES string of the molecule is CC(C)Oc1ccc(-c2nn(C(C)c3oc4ccc(F)cc4c(=O)c3-c3cccc(F)c3)c3ncnc(N)c23)cc1F. The maximum Gasteiger partial charge on any atom is 0.200 e. The van der Waals surface area contributed by atoms with Crippen LogP contribution < -0.4 is 15.9 Å². The number of anilines is 1. The smallest absolute Gasteiger partial charge is 0.200 e. The number of benzene rings is 3. The quantitative estimate of drug-likeness (QED) is 0.238. The van der Waals surface area contributed by atoms with E-state index in [0.29, 0.717) is 22.3 Å². The number of nitrogens with two attached hydrogens (primary N) is 1. The summed E-state index contributed by atoms with van der Waals surface area (Å²) in [7, 11) is 0. The highest BCUT2D eigenvalue weighted by atomic mass is 19.1. The van der Waals surface area contributed by atoms with Crippen molar-refractivity contribution in [2.45, 2.75) is 32.9 Å². The lowest BCUT2D eigenvalue weighted by Crippen LogP contribution is -2.16. The maximum absolute atomic E-state index is 15.0. The van der Waals surface area contributed by atoms with Crippen LogP contribution in [0.5, 0.6) is 5.75 Å². The number of nitrogens with zero attached hydrogens (tertiary/aromatic N) is 4. The number of fused-ring (bicyclic) bond motifs is 2. The minimum absolute atomic E-state index is 0.00183. The van der Waals surface area contributed by atoms with Crippen molar-refractivity contribution < 1.29 is 22.3 Å². The fraction of sp³-hybridized carbons (Fsp3) is 0.161. The summed E-state index contributed by atoms with van der Waals surface area (Å²) in [6.45, 7) is 5.30. The molecule has 0 saturated heterocycles. The molecule has 0 bridgehead atoms. The van der Waals surface area contributed by atoms with E-state index in [1.165, 1.54) is 53.5 Å². The average molecular weight is 572 g/mol. The van der Waals surface area contributed by atoms with Gasteiger partial charge in [-0.15, -0.1) is 0 Å². The molecule has 1 unspecified atom stereocenters. The Morgan fingerprint density at radius 2 is 1.71 bits per heavy atom. The third kappa shape index (κ3) is 4.62. The fourth-order valence-electron chi connectivity index (χ4n) is 4.97. The van der Waals surface area contributed by atoms with E-state index >= 15 is 0 Å². The number of ether oxygens (including phenoxy) is 1. The maximum atomic E-state index is 15.0. The Morgan fingerprint density at radius 1 is 0.929 bits per heavy atom. The number of hydrogen-bond acceptors (Lipinski definition) is 7. The molecule has 0 amide bonds. The zero-order chi connectivity index (χ0) is 29.7. The standard InChI is InChI=1S/C31H24F3N5O3/c1-15(2)41-24-9-7-18(12-22(24)34)27-26-30(35)36-14-37-31(26)39(38-27)16(3)29-25(17-5-4-6-19(32)11-17)28(40)21-13-20(33)8-10-23(21)42-29/h4-16H,1-3H3,(H2,35,36,37). The van der Waals surface area contributed by atoms with Crippen molar-refractivity contribution in [3.05, 3.63) is 100 Å². The first kappa shape index (κ1) is 27.0. The van der Waals surface area contributed by atoms with Gasteiger partial charge >= 0.3 is 0 Å². The molecule has 3 aromatic heterocycles. The molecule has 0 aliphatic rings. The molecule has 3 heterocycles. The normalized spacial score (nSPS) is 12.4. The average Bonchev–Trinajstić information content (AvgIpc) is 3.35. The Kier molecular flexibility index (Phi) is 6.64. The highest BCUT2D eigenvalue weighted by molar-refractivity contribution is 5.98. The highest BCUT2D eigenvalue weighted by Gasteiger charge is 2.27. The summed E-state index contributed by atoms with van der Waals surface area (Å²) >= 11 is 0. The largest absolute Gasteiger partial charge is 0.488 e. The zero-order valence-electron chi connectivity index (χ0n) is 22.7. The van der Waals surface area contributed by atoms with E-state index < -0.39 is 28.9 Å². The van der Waals surface area contributed by atoms with Gasteiger partial charge in [-0.25, -0.2) is 27.8 Å². The van der Waals surface area contributed by atoms with E-state index in [0.717, 1.165) is 6.07 Å². The Bertz CT molecular complexity index is 2050. The van der Waals surface area contributed by atoms with Crippen molar-refractivity contribution in [1.82, 2.24) is 19.7 Å². The third-order valence-electron chi connectivity index (χ3n) is 6.83. The van der Waals surface area contributed by atoms with Crippen LogP contribution in [0.1, 0.15) is 32.6 Å². The Hall–Kier alpha value is -5.19. The van der Waals surface area contributed by atoms with E-state index in [1.807, 2.05) is 0 Å². The Morgan fingerprint density at radius 3 is 2.45 bits per heavy atom. The summed E-state index contributed by atoms with van der Waals surface area (Å²) in [6.07, 6.45) is 1.04. The van der Waals surface area contributed by atoms with Gasteiger partial charge in [0.15, 0.2) is 17.2 Å². The van der Waals surface area contributed by atoms with Crippen LogP contribution in [-0.4, -0.2) is 25.9 Å². The lowest BCUT2D eigenvalue weighted by molar-refractivity contribution is 0.231. The first-order valence-corrected chi connectivity index (χ1v) is 13.1. The molecule has 0 radical (unpaired) electrons. The minimum Gasteiger partial charge on any atom is -0.488 e. The lowest BCUT2D eigenvalue weighted by atomic mass is 9.99. The van der Waals surface area contributed by atoms with Crippen LogP contribution >= 0.6 is 0 Å². The van der Waals surface area contributed by atoms with E-state index in [1.54, 1.807) is 32.9 Å². The molecule has 11 heteroatoms. The summed E-state index contributed by atoms with van der Waals surface area (Å²) in [5, 5.41) is 5.10. The number of halogens is 3. The molecule has 42 heavy (non-hydrogen) atoms. The second kappa shape index (κ2) is 10.3. The lowest BCUT2D eigenvalue weighted by Gasteiger charge is -2.17. The Labute approximate surface area is 237 Å².